The molecule has 1 aromatic heterocycles. The van der Waals surface area contributed by atoms with Crippen molar-refractivity contribution in [3.63, 3.8) is 0 Å². The zero-order valence-corrected chi connectivity index (χ0v) is 18.2. The molecule has 33 heavy (non-hydrogen) atoms. The summed E-state index contributed by atoms with van der Waals surface area (Å²) >= 11 is 0. The van der Waals surface area contributed by atoms with Crippen molar-refractivity contribution in [3.05, 3.63) is 78.6 Å². The van der Waals surface area contributed by atoms with E-state index in [1.54, 1.807) is 49.4 Å². The normalized spacial score (nSPS) is 11.6. The molecule has 1 amide bonds. The standard InChI is InChI=1S/C22H20F3N3O4S/c1-2-28(16-8-4-3-5-9-16)33(30,31)17-11-12-20(32-15-22(23,24)25)19(14-17)27-21(29)18-10-6-7-13-26-18/h3-14H,2,15H2,1H3,(H,27,29). The van der Waals surface area contributed by atoms with Crippen LogP contribution in [0.15, 0.2) is 77.8 Å². The fourth-order valence-corrected chi connectivity index (χ4v) is 4.45. The third kappa shape index (κ3) is 6.01. The molecule has 1 N–H and O–H groups in total. The molecule has 0 fully saturated rings. The molecule has 0 saturated carbocycles. The van der Waals surface area contributed by atoms with E-state index in [0.717, 1.165) is 22.5 Å². The van der Waals surface area contributed by atoms with Gasteiger partial charge in [-0.05, 0) is 49.4 Å². The average Bonchev–Trinajstić information content (AvgIpc) is 2.79. The van der Waals surface area contributed by atoms with Crippen LogP contribution in [0.3, 0.4) is 0 Å². The number of halogens is 3. The Kier molecular flexibility index (Phi) is 7.22. The van der Waals surface area contributed by atoms with Gasteiger partial charge in [0.15, 0.2) is 6.61 Å². The van der Waals surface area contributed by atoms with Crippen LogP contribution in [-0.2, 0) is 10.0 Å². The minimum absolute atomic E-state index is 0.00741. The Bertz CT molecular complexity index is 1200. The second-order valence-electron chi connectivity index (χ2n) is 6.74. The first-order valence-electron chi connectivity index (χ1n) is 9.75. The number of para-hydroxylation sites is 1. The topological polar surface area (TPSA) is 88.6 Å². The molecule has 174 valence electrons. The molecule has 2 aromatic carbocycles. The first kappa shape index (κ1) is 24.1. The highest BCUT2D eigenvalue weighted by Gasteiger charge is 2.30. The number of hydrogen-bond acceptors (Lipinski definition) is 5. The van der Waals surface area contributed by atoms with Crippen LogP contribution in [0.25, 0.3) is 0 Å². The van der Waals surface area contributed by atoms with E-state index in [1.807, 2.05) is 0 Å². The second kappa shape index (κ2) is 9.90. The molecule has 0 atom stereocenters. The lowest BCUT2D eigenvalue weighted by molar-refractivity contribution is -0.153. The summed E-state index contributed by atoms with van der Waals surface area (Å²) in [7, 11) is -4.10. The highest BCUT2D eigenvalue weighted by atomic mass is 32.2. The van der Waals surface area contributed by atoms with Gasteiger partial charge >= 0.3 is 6.18 Å². The maximum Gasteiger partial charge on any atom is 0.422 e. The Hall–Kier alpha value is -3.60. The molecule has 0 aliphatic heterocycles. The van der Waals surface area contributed by atoms with Crippen molar-refractivity contribution in [2.45, 2.75) is 18.0 Å². The van der Waals surface area contributed by atoms with Gasteiger partial charge in [0.2, 0.25) is 0 Å². The van der Waals surface area contributed by atoms with Crippen molar-refractivity contribution in [2.24, 2.45) is 0 Å². The number of rotatable bonds is 8. The molecule has 1 heterocycles. The number of carbonyl (C=O) groups is 1. The Morgan fingerprint density at radius 2 is 1.76 bits per heavy atom. The van der Waals surface area contributed by atoms with Gasteiger partial charge in [-0.1, -0.05) is 24.3 Å². The van der Waals surface area contributed by atoms with E-state index in [0.29, 0.717) is 5.69 Å². The SMILES string of the molecule is CCN(c1ccccc1)S(=O)(=O)c1ccc(OCC(F)(F)F)c(NC(=O)c2ccccn2)c1. The molecular formula is C22H20F3N3O4S. The van der Waals surface area contributed by atoms with E-state index in [9.17, 15) is 26.4 Å². The number of hydrogen-bond donors (Lipinski definition) is 1. The average molecular weight is 479 g/mol. The van der Waals surface area contributed by atoms with Crippen molar-refractivity contribution in [1.82, 2.24) is 4.98 Å². The number of benzene rings is 2. The third-order valence-electron chi connectivity index (χ3n) is 4.41. The number of nitrogens with one attached hydrogen (secondary N) is 1. The van der Waals surface area contributed by atoms with E-state index in [2.05, 4.69) is 10.3 Å². The highest BCUT2D eigenvalue weighted by molar-refractivity contribution is 7.92. The molecule has 3 aromatic rings. The van der Waals surface area contributed by atoms with Gasteiger partial charge in [-0.3, -0.25) is 14.1 Å². The van der Waals surface area contributed by atoms with Gasteiger partial charge in [0, 0.05) is 12.7 Å². The van der Waals surface area contributed by atoms with E-state index >= 15 is 0 Å². The van der Waals surface area contributed by atoms with Gasteiger partial charge in [0.1, 0.15) is 11.4 Å². The molecule has 7 nitrogen and oxygen atoms in total. The smallest absolute Gasteiger partial charge is 0.422 e. The fourth-order valence-electron chi connectivity index (χ4n) is 2.95. The number of amides is 1. The van der Waals surface area contributed by atoms with Crippen LogP contribution in [-0.4, -0.2) is 38.6 Å². The van der Waals surface area contributed by atoms with E-state index in [4.69, 9.17) is 4.74 Å². The van der Waals surface area contributed by atoms with Crippen LogP contribution < -0.4 is 14.4 Å². The summed E-state index contributed by atoms with van der Waals surface area (Å²) in [5.74, 6) is -1.07. The monoisotopic (exact) mass is 479 g/mol. The summed E-state index contributed by atoms with van der Waals surface area (Å²) in [4.78, 5) is 16.2. The highest BCUT2D eigenvalue weighted by Crippen LogP contribution is 2.32. The van der Waals surface area contributed by atoms with Crippen LogP contribution in [0.5, 0.6) is 5.75 Å². The lowest BCUT2D eigenvalue weighted by Gasteiger charge is -2.23. The number of nitrogens with zero attached hydrogens (tertiary/aromatic N) is 2. The lowest BCUT2D eigenvalue weighted by Crippen LogP contribution is -2.30. The van der Waals surface area contributed by atoms with Crippen molar-refractivity contribution in [1.29, 1.82) is 0 Å². The number of aromatic nitrogens is 1. The Morgan fingerprint density at radius 3 is 2.36 bits per heavy atom. The summed E-state index contributed by atoms with van der Waals surface area (Å²) in [6.45, 7) is 0.139. The quantitative estimate of drug-likeness (QED) is 0.514. The maximum absolute atomic E-state index is 13.3. The number of alkyl halides is 3. The summed E-state index contributed by atoms with van der Waals surface area (Å²) in [5, 5.41) is 2.40. The first-order valence-corrected chi connectivity index (χ1v) is 11.2. The predicted molar refractivity (Wildman–Crippen MR) is 117 cm³/mol. The maximum atomic E-state index is 13.3. The molecule has 0 unspecified atom stereocenters. The number of carbonyl (C=O) groups excluding carboxylic acids is 1. The van der Waals surface area contributed by atoms with Crippen LogP contribution >= 0.6 is 0 Å². The second-order valence-corrected chi connectivity index (χ2v) is 8.60. The van der Waals surface area contributed by atoms with E-state index < -0.39 is 28.7 Å². The largest absolute Gasteiger partial charge is 0.482 e. The molecule has 0 aliphatic rings. The van der Waals surface area contributed by atoms with Crippen LogP contribution in [0.2, 0.25) is 0 Å². The van der Waals surface area contributed by atoms with Gasteiger partial charge < -0.3 is 10.1 Å². The van der Waals surface area contributed by atoms with Crippen molar-refractivity contribution < 1.29 is 31.1 Å². The Morgan fingerprint density at radius 1 is 1.06 bits per heavy atom. The minimum Gasteiger partial charge on any atom is -0.482 e. The molecule has 0 saturated heterocycles. The third-order valence-corrected chi connectivity index (χ3v) is 6.31. The lowest BCUT2D eigenvalue weighted by atomic mass is 10.2. The van der Waals surface area contributed by atoms with Gasteiger partial charge in [0.05, 0.1) is 16.3 Å². The molecule has 0 spiro atoms. The summed E-state index contributed by atoms with van der Waals surface area (Å²) < 4.78 is 70.6. The van der Waals surface area contributed by atoms with Gasteiger partial charge in [-0.15, -0.1) is 0 Å². The minimum atomic E-state index is -4.63. The zero-order chi connectivity index (χ0) is 24.1. The van der Waals surface area contributed by atoms with E-state index in [-0.39, 0.29) is 28.6 Å². The Balaban J connectivity index is 2.00. The van der Waals surface area contributed by atoms with Gasteiger partial charge in [0.25, 0.3) is 15.9 Å². The summed E-state index contributed by atoms with van der Waals surface area (Å²) in [6, 6.07) is 16.1. The summed E-state index contributed by atoms with van der Waals surface area (Å²) in [5.41, 5.74) is 0.170. The number of ether oxygens (including phenoxy) is 1. The van der Waals surface area contributed by atoms with Crippen molar-refractivity contribution in [2.75, 3.05) is 22.8 Å². The Labute approximate surface area is 188 Å². The number of sulfonamides is 1. The molecule has 0 aliphatic carbocycles. The fraction of sp³-hybridized carbons (Fsp3) is 0.182. The zero-order valence-electron chi connectivity index (χ0n) is 17.4. The van der Waals surface area contributed by atoms with Gasteiger partial charge in [-0.25, -0.2) is 8.42 Å². The van der Waals surface area contributed by atoms with Crippen molar-refractivity contribution >= 4 is 27.3 Å². The first-order chi connectivity index (χ1) is 15.6. The molecule has 0 bridgehead atoms. The van der Waals surface area contributed by atoms with Gasteiger partial charge in [-0.2, -0.15) is 13.2 Å². The summed E-state index contributed by atoms with van der Waals surface area (Å²) in [6.07, 6.45) is -3.25. The predicted octanol–water partition coefficient (Wildman–Crippen LogP) is 4.49. The number of pyridine rings is 1. The molecular weight excluding hydrogens is 459 g/mol. The number of anilines is 2. The molecule has 0 radical (unpaired) electrons. The van der Waals surface area contributed by atoms with E-state index in [1.165, 1.54) is 12.3 Å². The van der Waals surface area contributed by atoms with Crippen molar-refractivity contribution in [3.8, 4) is 5.75 Å². The molecule has 11 heteroatoms. The van der Waals surface area contributed by atoms with Crippen LogP contribution in [0.4, 0.5) is 24.5 Å². The molecule has 3 rings (SSSR count). The van der Waals surface area contributed by atoms with Crippen LogP contribution in [0.1, 0.15) is 17.4 Å². The van der Waals surface area contributed by atoms with Crippen LogP contribution in [0, 0.1) is 0 Å².